The first-order valence-electron chi connectivity index (χ1n) is 6.81. The topological polar surface area (TPSA) is 70.4 Å². The summed E-state index contributed by atoms with van der Waals surface area (Å²) in [4.78, 5) is 18.4. The summed E-state index contributed by atoms with van der Waals surface area (Å²) in [5.41, 5.74) is 2.26. The molecule has 1 saturated heterocycles. The molecule has 1 aliphatic heterocycles. The lowest BCUT2D eigenvalue weighted by atomic mass is 10.3. The second-order valence-electron chi connectivity index (χ2n) is 4.99. The van der Waals surface area contributed by atoms with Gasteiger partial charge in [0.05, 0.1) is 6.54 Å². The van der Waals surface area contributed by atoms with Gasteiger partial charge in [0.2, 0.25) is 5.91 Å². The minimum absolute atomic E-state index is 0.00599. The van der Waals surface area contributed by atoms with E-state index in [0.29, 0.717) is 12.4 Å². The summed E-state index contributed by atoms with van der Waals surface area (Å²) in [6.45, 7) is 5.94. The highest BCUT2D eigenvalue weighted by molar-refractivity contribution is 5.94. The van der Waals surface area contributed by atoms with E-state index in [1.165, 1.54) is 0 Å². The number of nitrogens with zero attached hydrogens (tertiary/aromatic N) is 2. The molecule has 2 aromatic rings. The highest BCUT2D eigenvalue weighted by Gasteiger charge is 2.13. The van der Waals surface area contributed by atoms with Crippen molar-refractivity contribution in [1.29, 1.82) is 0 Å². The number of piperazine rings is 1. The number of aryl methyl sites for hydroxylation is 1. The maximum Gasteiger partial charge on any atom is 0.238 e. The Balaban J connectivity index is 1.64. The van der Waals surface area contributed by atoms with Crippen molar-refractivity contribution in [2.24, 2.45) is 0 Å². The van der Waals surface area contributed by atoms with Crippen molar-refractivity contribution < 1.29 is 9.21 Å². The monoisotopic (exact) mass is 274 g/mol. The molecule has 1 fully saturated rings. The lowest BCUT2D eigenvalue weighted by Crippen LogP contribution is -2.46. The van der Waals surface area contributed by atoms with Crippen molar-refractivity contribution in [2.45, 2.75) is 6.92 Å². The second kappa shape index (κ2) is 5.60. The molecular formula is C14H18N4O2. The number of hydrogen-bond acceptors (Lipinski definition) is 5. The first kappa shape index (κ1) is 13.1. The number of hydrogen-bond donors (Lipinski definition) is 2. The van der Waals surface area contributed by atoms with Gasteiger partial charge in [-0.15, -0.1) is 0 Å². The van der Waals surface area contributed by atoms with Gasteiger partial charge in [-0.2, -0.15) is 0 Å². The molecule has 20 heavy (non-hydrogen) atoms. The minimum atomic E-state index is 0.00599. The Bertz CT molecular complexity index is 617. The Labute approximate surface area is 117 Å². The van der Waals surface area contributed by atoms with Crippen LogP contribution in [0.25, 0.3) is 11.1 Å². The van der Waals surface area contributed by atoms with Crippen LogP contribution in [0.1, 0.15) is 5.89 Å². The maximum absolute atomic E-state index is 12.0. The zero-order chi connectivity index (χ0) is 13.9. The predicted octanol–water partition coefficient (Wildman–Crippen LogP) is 0.980. The average molecular weight is 274 g/mol. The smallest absolute Gasteiger partial charge is 0.238 e. The fraction of sp³-hybridized carbons (Fsp3) is 0.429. The molecule has 0 unspecified atom stereocenters. The molecule has 1 aromatic carbocycles. The van der Waals surface area contributed by atoms with Gasteiger partial charge in [-0.25, -0.2) is 4.98 Å². The Morgan fingerprint density at radius 3 is 3.05 bits per heavy atom. The third-order valence-electron chi connectivity index (χ3n) is 3.36. The zero-order valence-corrected chi connectivity index (χ0v) is 11.5. The minimum Gasteiger partial charge on any atom is -0.441 e. The van der Waals surface area contributed by atoms with E-state index in [2.05, 4.69) is 20.5 Å². The highest BCUT2D eigenvalue weighted by atomic mass is 16.3. The average Bonchev–Trinajstić information content (AvgIpc) is 2.79. The van der Waals surface area contributed by atoms with E-state index in [-0.39, 0.29) is 5.91 Å². The van der Waals surface area contributed by atoms with Crippen molar-refractivity contribution in [3.05, 3.63) is 24.1 Å². The van der Waals surface area contributed by atoms with E-state index in [0.717, 1.165) is 43.0 Å². The Kier molecular flexibility index (Phi) is 3.66. The van der Waals surface area contributed by atoms with E-state index in [4.69, 9.17) is 4.42 Å². The maximum atomic E-state index is 12.0. The van der Waals surface area contributed by atoms with Gasteiger partial charge in [-0.05, 0) is 18.2 Å². The summed E-state index contributed by atoms with van der Waals surface area (Å²) < 4.78 is 5.41. The molecule has 6 nitrogen and oxygen atoms in total. The lowest BCUT2D eigenvalue weighted by molar-refractivity contribution is -0.117. The summed E-state index contributed by atoms with van der Waals surface area (Å²) in [5, 5.41) is 6.18. The van der Waals surface area contributed by atoms with Crippen molar-refractivity contribution in [3.63, 3.8) is 0 Å². The molecule has 1 aliphatic rings. The molecular weight excluding hydrogens is 256 g/mol. The van der Waals surface area contributed by atoms with Gasteiger partial charge in [0.25, 0.3) is 0 Å². The molecule has 0 bridgehead atoms. The van der Waals surface area contributed by atoms with Crippen molar-refractivity contribution in [2.75, 3.05) is 38.0 Å². The summed E-state index contributed by atoms with van der Waals surface area (Å²) in [5.74, 6) is 0.635. The van der Waals surface area contributed by atoms with Gasteiger partial charge in [0, 0.05) is 38.8 Å². The number of carbonyl (C=O) groups excluding carboxylic acids is 1. The van der Waals surface area contributed by atoms with Crippen LogP contribution in [0.15, 0.2) is 22.6 Å². The fourth-order valence-corrected chi connectivity index (χ4v) is 2.39. The first-order valence-corrected chi connectivity index (χ1v) is 6.81. The van der Waals surface area contributed by atoms with E-state index in [1.54, 1.807) is 0 Å². The standard InChI is InChI=1S/C14H18N4O2/c1-10-16-12-8-11(2-3-13(12)20-10)17-14(19)9-18-6-4-15-5-7-18/h2-3,8,15H,4-7,9H2,1H3,(H,17,19). The molecule has 0 spiro atoms. The number of benzene rings is 1. The van der Waals surface area contributed by atoms with Gasteiger partial charge in [0.15, 0.2) is 11.5 Å². The van der Waals surface area contributed by atoms with E-state index in [9.17, 15) is 4.79 Å². The molecule has 0 radical (unpaired) electrons. The van der Waals surface area contributed by atoms with Crippen LogP contribution in [-0.4, -0.2) is 48.5 Å². The molecule has 2 N–H and O–H groups in total. The molecule has 0 aliphatic carbocycles. The number of rotatable bonds is 3. The number of nitrogens with one attached hydrogen (secondary N) is 2. The van der Waals surface area contributed by atoms with E-state index in [1.807, 2.05) is 25.1 Å². The number of aromatic nitrogens is 1. The number of anilines is 1. The van der Waals surface area contributed by atoms with Crippen LogP contribution in [0.2, 0.25) is 0 Å². The molecule has 1 aromatic heterocycles. The highest BCUT2D eigenvalue weighted by Crippen LogP contribution is 2.19. The Hall–Kier alpha value is -1.92. The zero-order valence-electron chi connectivity index (χ0n) is 11.5. The quantitative estimate of drug-likeness (QED) is 0.873. The van der Waals surface area contributed by atoms with Crippen molar-refractivity contribution >= 4 is 22.7 Å². The number of amides is 1. The van der Waals surface area contributed by atoms with Crippen LogP contribution in [0, 0.1) is 6.92 Å². The van der Waals surface area contributed by atoms with Gasteiger partial charge < -0.3 is 15.1 Å². The van der Waals surface area contributed by atoms with Crippen molar-refractivity contribution in [1.82, 2.24) is 15.2 Å². The van der Waals surface area contributed by atoms with Crippen LogP contribution < -0.4 is 10.6 Å². The van der Waals surface area contributed by atoms with Crippen molar-refractivity contribution in [3.8, 4) is 0 Å². The molecule has 0 saturated carbocycles. The summed E-state index contributed by atoms with van der Waals surface area (Å²) in [6, 6.07) is 5.50. The molecule has 106 valence electrons. The number of fused-ring (bicyclic) bond motifs is 1. The Morgan fingerprint density at radius 1 is 1.45 bits per heavy atom. The van der Waals surface area contributed by atoms with Gasteiger partial charge in [-0.1, -0.05) is 0 Å². The summed E-state index contributed by atoms with van der Waals surface area (Å²) in [7, 11) is 0. The van der Waals surface area contributed by atoms with Gasteiger partial charge in [-0.3, -0.25) is 9.69 Å². The van der Waals surface area contributed by atoms with Crippen LogP contribution in [0.4, 0.5) is 5.69 Å². The van der Waals surface area contributed by atoms with Gasteiger partial charge in [0.1, 0.15) is 5.52 Å². The molecule has 2 heterocycles. The second-order valence-corrected chi connectivity index (χ2v) is 4.99. The van der Waals surface area contributed by atoms with E-state index >= 15 is 0 Å². The first-order chi connectivity index (χ1) is 9.70. The summed E-state index contributed by atoms with van der Waals surface area (Å²) >= 11 is 0. The van der Waals surface area contributed by atoms with Crippen LogP contribution in [-0.2, 0) is 4.79 Å². The normalized spacial score (nSPS) is 16.4. The Morgan fingerprint density at radius 2 is 2.25 bits per heavy atom. The third kappa shape index (κ3) is 2.97. The molecule has 6 heteroatoms. The van der Waals surface area contributed by atoms with Crippen LogP contribution in [0.3, 0.4) is 0 Å². The molecule has 0 atom stereocenters. The molecule has 1 amide bonds. The van der Waals surface area contributed by atoms with Crippen LogP contribution >= 0.6 is 0 Å². The largest absolute Gasteiger partial charge is 0.441 e. The third-order valence-corrected chi connectivity index (χ3v) is 3.36. The summed E-state index contributed by atoms with van der Waals surface area (Å²) in [6.07, 6.45) is 0. The fourth-order valence-electron chi connectivity index (χ4n) is 2.39. The van der Waals surface area contributed by atoms with E-state index < -0.39 is 0 Å². The number of oxazole rings is 1. The van der Waals surface area contributed by atoms with Gasteiger partial charge >= 0.3 is 0 Å². The lowest BCUT2D eigenvalue weighted by Gasteiger charge is -2.26. The molecule has 3 rings (SSSR count). The predicted molar refractivity (Wildman–Crippen MR) is 76.7 cm³/mol. The number of carbonyl (C=O) groups is 1. The SMILES string of the molecule is Cc1nc2cc(NC(=O)CN3CCNCC3)ccc2o1. The van der Waals surface area contributed by atoms with Crippen LogP contribution in [0.5, 0.6) is 0 Å².